The zero-order valence-electron chi connectivity index (χ0n) is 21.6. The smallest absolute Gasteiger partial charge is 0.407 e. The van der Waals surface area contributed by atoms with Crippen LogP contribution in [-0.4, -0.2) is 82.3 Å². The molecule has 202 valence electrons. The summed E-state index contributed by atoms with van der Waals surface area (Å²) in [5.41, 5.74) is 5.31. The minimum atomic E-state index is -0.682. The van der Waals surface area contributed by atoms with Gasteiger partial charge in [-0.05, 0) is 52.0 Å². The van der Waals surface area contributed by atoms with Crippen LogP contribution in [0.2, 0.25) is 0 Å². The van der Waals surface area contributed by atoms with Crippen LogP contribution in [0.25, 0.3) is 0 Å². The van der Waals surface area contributed by atoms with Crippen LogP contribution >= 0.6 is 0 Å². The Kier molecular flexibility index (Phi) is 8.06. The topological polar surface area (TPSA) is 133 Å². The average Bonchev–Trinajstić information content (AvgIpc) is 3.10. The van der Waals surface area contributed by atoms with Crippen molar-refractivity contribution in [3.63, 3.8) is 0 Å². The quantitative estimate of drug-likeness (QED) is 0.514. The Hall–Kier alpha value is -3.54. The van der Waals surface area contributed by atoms with Crippen molar-refractivity contribution in [2.75, 3.05) is 19.6 Å². The first-order valence-corrected chi connectivity index (χ1v) is 12.7. The van der Waals surface area contributed by atoms with Gasteiger partial charge in [-0.1, -0.05) is 30.3 Å². The largest absolute Gasteiger partial charge is 0.444 e. The predicted octanol–water partition coefficient (Wildman–Crippen LogP) is 2.12. The maximum atomic E-state index is 12.9. The number of alkyl carbamates (subject to hydrolysis) is 1. The molecule has 1 aromatic rings. The van der Waals surface area contributed by atoms with Gasteiger partial charge in [0.15, 0.2) is 0 Å². The number of nitrogens with one attached hydrogen (secondary N) is 3. The molecule has 4 rings (SSSR count). The van der Waals surface area contributed by atoms with Gasteiger partial charge in [-0.25, -0.2) is 19.8 Å². The van der Waals surface area contributed by atoms with Crippen molar-refractivity contribution >= 4 is 24.1 Å². The number of ether oxygens (including phenoxy) is 1. The van der Waals surface area contributed by atoms with Gasteiger partial charge >= 0.3 is 18.2 Å². The number of hydrogen-bond acceptors (Lipinski definition) is 6. The predicted molar refractivity (Wildman–Crippen MR) is 133 cm³/mol. The minimum Gasteiger partial charge on any atom is -0.444 e. The Morgan fingerprint density at radius 2 is 1.70 bits per heavy atom. The summed E-state index contributed by atoms with van der Waals surface area (Å²) < 4.78 is 5.28. The fraction of sp³-hybridized carbons (Fsp3) is 0.600. The standard InChI is InChI=1S/C25H36N6O6/c1-25(2,3)37-23(34)26-18-11-13-29(14-12-18)22(33)28-27-21(32)20-10-9-19-15-30(20)24(35)31(19)36-16-17-7-5-4-6-8-17/h4-8,18-20H,9-16H2,1-3H3,(H,26,34)(H,27,32)(H,28,33)/t19-,20+/m1/s1. The Labute approximate surface area is 216 Å². The van der Waals surface area contributed by atoms with Crippen molar-refractivity contribution in [1.82, 2.24) is 31.0 Å². The normalized spacial score (nSPS) is 22.0. The monoisotopic (exact) mass is 516 g/mol. The number of hydrazine groups is 1. The number of piperidine rings is 2. The van der Waals surface area contributed by atoms with Crippen LogP contribution in [0.4, 0.5) is 14.4 Å². The average molecular weight is 517 g/mol. The lowest BCUT2D eigenvalue weighted by Crippen LogP contribution is -2.57. The molecule has 0 aromatic heterocycles. The molecule has 12 nitrogen and oxygen atoms in total. The summed E-state index contributed by atoms with van der Waals surface area (Å²) >= 11 is 0. The van der Waals surface area contributed by atoms with Crippen molar-refractivity contribution < 1.29 is 28.8 Å². The lowest BCUT2D eigenvalue weighted by molar-refractivity contribution is -0.140. The molecule has 3 saturated heterocycles. The van der Waals surface area contributed by atoms with E-state index in [0.717, 1.165) is 5.56 Å². The van der Waals surface area contributed by atoms with E-state index in [4.69, 9.17) is 9.57 Å². The molecular formula is C25H36N6O6. The Morgan fingerprint density at radius 3 is 2.38 bits per heavy atom. The van der Waals surface area contributed by atoms with E-state index in [2.05, 4.69) is 16.2 Å². The van der Waals surface area contributed by atoms with E-state index in [-0.39, 0.29) is 24.7 Å². The summed E-state index contributed by atoms with van der Waals surface area (Å²) in [6.45, 7) is 6.92. The number of fused-ring (bicyclic) bond motifs is 2. The SMILES string of the molecule is CC(C)(C)OC(=O)NC1CCN(C(=O)NNC(=O)[C@@H]2CC[C@@H]3CN2C(=O)N3OCc2ccccc2)CC1. The minimum absolute atomic E-state index is 0.0862. The summed E-state index contributed by atoms with van der Waals surface area (Å²) in [7, 11) is 0. The summed E-state index contributed by atoms with van der Waals surface area (Å²) in [5.74, 6) is -0.438. The second-order valence-corrected chi connectivity index (χ2v) is 10.6. The number of urea groups is 2. The van der Waals surface area contributed by atoms with Gasteiger partial charge < -0.3 is 19.9 Å². The van der Waals surface area contributed by atoms with Gasteiger partial charge in [-0.15, -0.1) is 0 Å². The van der Waals surface area contributed by atoms with Gasteiger partial charge in [0.1, 0.15) is 18.2 Å². The molecule has 0 saturated carbocycles. The number of carbonyl (C=O) groups excluding carboxylic acids is 4. The zero-order chi connectivity index (χ0) is 26.6. The number of hydrogen-bond donors (Lipinski definition) is 3. The fourth-order valence-electron chi connectivity index (χ4n) is 4.77. The molecule has 0 unspecified atom stereocenters. The van der Waals surface area contributed by atoms with Crippen molar-refractivity contribution in [3.05, 3.63) is 35.9 Å². The van der Waals surface area contributed by atoms with Gasteiger partial charge in [0.05, 0.1) is 6.04 Å². The molecule has 0 aliphatic carbocycles. The Balaban J connectivity index is 1.19. The van der Waals surface area contributed by atoms with Crippen LogP contribution < -0.4 is 16.2 Å². The van der Waals surface area contributed by atoms with Crippen molar-refractivity contribution in [1.29, 1.82) is 0 Å². The molecule has 3 fully saturated rings. The highest BCUT2D eigenvalue weighted by Gasteiger charge is 2.48. The second kappa shape index (κ2) is 11.2. The molecule has 2 atom stereocenters. The van der Waals surface area contributed by atoms with Crippen LogP contribution in [0.15, 0.2) is 30.3 Å². The third-order valence-electron chi connectivity index (χ3n) is 6.63. The molecule has 3 N–H and O–H groups in total. The number of likely N-dealkylation sites (tertiary alicyclic amines) is 1. The number of hydroxylamine groups is 2. The molecule has 2 bridgehead atoms. The Bertz CT molecular complexity index is 991. The van der Waals surface area contributed by atoms with Gasteiger partial charge in [-0.2, -0.15) is 5.06 Å². The molecule has 6 amide bonds. The molecular weight excluding hydrogens is 480 g/mol. The molecule has 1 aromatic carbocycles. The Morgan fingerprint density at radius 1 is 1.00 bits per heavy atom. The summed E-state index contributed by atoms with van der Waals surface area (Å²) in [6, 6.07) is 7.92. The highest BCUT2D eigenvalue weighted by Crippen LogP contribution is 2.30. The summed E-state index contributed by atoms with van der Waals surface area (Å²) in [6.07, 6.45) is 1.78. The molecule has 3 aliphatic heterocycles. The highest BCUT2D eigenvalue weighted by atomic mass is 16.7. The first kappa shape index (κ1) is 26.5. The summed E-state index contributed by atoms with van der Waals surface area (Å²) in [5, 5.41) is 4.20. The zero-order valence-corrected chi connectivity index (χ0v) is 21.6. The molecule has 3 aliphatic rings. The third-order valence-corrected chi connectivity index (χ3v) is 6.63. The van der Waals surface area contributed by atoms with Crippen LogP contribution in [0.5, 0.6) is 0 Å². The van der Waals surface area contributed by atoms with Gasteiger partial charge in [0, 0.05) is 25.7 Å². The number of benzene rings is 1. The van der Waals surface area contributed by atoms with Crippen LogP contribution in [-0.2, 0) is 21.0 Å². The maximum Gasteiger partial charge on any atom is 0.407 e. The van der Waals surface area contributed by atoms with E-state index < -0.39 is 29.7 Å². The van der Waals surface area contributed by atoms with Gasteiger partial charge in [0.2, 0.25) is 0 Å². The highest BCUT2D eigenvalue weighted by molar-refractivity contribution is 5.89. The number of rotatable bonds is 5. The lowest BCUT2D eigenvalue weighted by atomic mass is 10.0. The lowest BCUT2D eigenvalue weighted by Gasteiger charge is -2.33. The molecule has 12 heteroatoms. The van der Waals surface area contributed by atoms with E-state index in [0.29, 0.717) is 45.3 Å². The van der Waals surface area contributed by atoms with Crippen LogP contribution in [0.3, 0.4) is 0 Å². The summed E-state index contributed by atoms with van der Waals surface area (Å²) in [4.78, 5) is 59.1. The van der Waals surface area contributed by atoms with Gasteiger partial charge in [0.25, 0.3) is 5.91 Å². The van der Waals surface area contributed by atoms with Crippen LogP contribution in [0.1, 0.15) is 52.0 Å². The first-order valence-electron chi connectivity index (χ1n) is 12.7. The first-order chi connectivity index (χ1) is 17.6. The third kappa shape index (κ3) is 6.82. The maximum absolute atomic E-state index is 12.9. The molecule has 3 heterocycles. The second-order valence-electron chi connectivity index (χ2n) is 10.6. The molecule has 0 radical (unpaired) electrons. The molecule has 37 heavy (non-hydrogen) atoms. The van der Waals surface area contributed by atoms with Crippen LogP contribution in [0, 0.1) is 0 Å². The van der Waals surface area contributed by atoms with Crippen molar-refractivity contribution in [3.8, 4) is 0 Å². The van der Waals surface area contributed by atoms with E-state index >= 15 is 0 Å². The van der Waals surface area contributed by atoms with E-state index in [1.807, 2.05) is 30.3 Å². The van der Waals surface area contributed by atoms with E-state index in [1.54, 1.807) is 25.7 Å². The van der Waals surface area contributed by atoms with Gasteiger partial charge in [-0.3, -0.25) is 15.1 Å². The number of nitrogens with zero attached hydrogens (tertiary/aromatic N) is 3. The van der Waals surface area contributed by atoms with Crippen molar-refractivity contribution in [2.24, 2.45) is 0 Å². The fourth-order valence-corrected chi connectivity index (χ4v) is 4.77. The number of amides is 6. The van der Waals surface area contributed by atoms with Crippen molar-refractivity contribution in [2.45, 2.75) is 76.8 Å². The molecule has 0 spiro atoms. The van der Waals surface area contributed by atoms with E-state index in [9.17, 15) is 19.2 Å². The van der Waals surface area contributed by atoms with E-state index in [1.165, 1.54) is 9.96 Å². The number of carbonyl (C=O) groups is 4.